The summed E-state index contributed by atoms with van der Waals surface area (Å²) in [5.74, 6) is -1.13. The molecule has 0 rings (SSSR count). The van der Waals surface area contributed by atoms with E-state index in [1.54, 1.807) is 6.92 Å². The lowest BCUT2D eigenvalue weighted by atomic mass is 10.3. The van der Waals surface area contributed by atoms with E-state index in [2.05, 4.69) is 28.3 Å². The lowest BCUT2D eigenvalue weighted by Crippen LogP contribution is -2.36. The first-order valence-electron chi connectivity index (χ1n) is 5.84. The summed E-state index contributed by atoms with van der Waals surface area (Å²) in [5, 5.41) is 2.51. The van der Waals surface area contributed by atoms with Gasteiger partial charge in [0.25, 0.3) is 0 Å². The van der Waals surface area contributed by atoms with Gasteiger partial charge < -0.3 is 19.5 Å². The SMILES string of the molecule is C=C(OC(=O)NC(C)COCCCC)C(=O)OC. The van der Waals surface area contributed by atoms with Gasteiger partial charge in [-0.25, -0.2) is 9.59 Å². The van der Waals surface area contributed by atoms with Crippen LogP contribution in [0.1, 0.15) is 26.7 Å². The third kappa shape index (κ3) is 7.67. The van der Waals surface area contributed by atoms with Gasteiger partial charge in [0.05, 0.1) is 19.8 Å². The van der Waals surface area contributed by atoms with Gasteiger partial charge in [-0.15, -0.1) is 0 Å². The number of methoxy groups -OCH3 is 1. The van der Waals surface area contributed by atoms with Crippen molar-refractivity contribution in [1.82, 2.24) is 5.32 Å². The third-order valence-electron chi connectivity index (χ3n) is 2.00. The highest BCUT2D eigenvalue weighted by Gasteiger charge is 2.14. The van der Waals surface area contributed by atoms with E-state index in [9.17, 15) is 9.59 Å². The molecule has 0 radical (unpaired) electrons. The van der Waals surface area contributed by atoms with Gasteiger partial charge in [-0.05, 0) is 19.9 Å². The fourth-order valence-corrected chi connectivity index (χ4v) is 1.05. The van der Waals surface area contributed by atoms with Crippen molar-refractivity contribution in [1.29, 1.82) is 0 Å². The minimum Gasteiger partial charge on any atom is -0.463 e. The first-order chi connectivity index (χ1) is 8.51. The van der Waals surface area contributed by atoms with E-state index in [1.807, 2.05) is 0 Å². The zero-order valence-electron chi connectivity index (χ0n) is 11.2. The van der Waals surface area contributed by atoms with Crippen LogP contribution in [0.25, 0.3) is 0 Å². The smallest absolute Gasteiger partial charge is 0.413 e. The Kier molecular flexibility index (Phi) is 8.65. The molecule has 6 nitrogen and oxygen atoms in total. The van der Waals surface area contributed by atoms with Gasteiger partial charge >= 0.3 is 12.1 Å². The van der Waals surface area contributed by atoms with E-state index in [-0.39, 0.29) is 11.8 Å². The Morgan fingerprint density at radius 2 is 2.06 bits per heavy atom. The lowest BCUT2D eigenvalue weighted by molar-refractivity contribution is -0.139. The molecule has 6 heteroatoms. The number of hydrogen-bond donors (Lipinski definition) is 1. The molecule has 1 N–H and O–H groups in total. The fourth-order valence-electron chi connectivity index (χ4n) is 1.05. The van der Waals surface area contributed by atoms with Crippen LogP contribution < -0.4 is 5.32 Å². The normalized spacial score (nSPS) is 11.5. The van der Waals surface area contributed by atoms with E-state index in [4.69, 9.17) is 4.74 Å². The van der Waals surface area contributed by atoms with Gasteiger partial charge in [0.15, 0.2) is 0 Å². The van der Waals surface area contributed by atoms with Crippen molar-refractivity contribution in [3.8, 4) is 0 Å². The van der Waals surface area contributed by atoms with Crippen LogP contribution in [0.2, 0.25) is 0 Å². The molecule has 0 saturated heterocycles. The number of nitrogens with one attached hydrogen (secondary N) is 1. The molecular weight excluding hydrogens is 238 g/mol. The molecule has 1 atom stereocenters. The van der Waals surface area contributed by atoms with E-state index < -0.39 is 12.1 Å². The molecule has 0 fully saturated rings. The summed E-state index contributed by atoms with van der Waals surface area (Å²) in [5.41, 5.74) is 0. The number of carbonyl (C=O) groups is 2. The highest BCUT2D eigenvalue weighted by atomic mass is 16.6. The van der Waals surface area contributed by atoms with Gasteiger partial charge in [0, 0.05) is 6.61 Å². The summed E-state index contributed by atoms with van der Waals surface area (Å²) in [7, 11) is 1.18. The Labute approximate surface area is 107 Å². The molecule has 0 heterocycles. The highest BCUT2D eigenvalue weighted by Crippen LogP contribution is 1.98. The first-order valence-corrected chi connectivity index (χ1v) is 5.84. The molecule has 0 aromatic heterocycles. The second-order valence-corrected chi connectivity index (χ2v) is 3.78. The van der Waals surface area contributed by atoms with Gasteiger partial charge in [-0.1, -0.05) is 13.3 Å². The molecule has 0 spiro atoms. The third-order valence-corrected chi connectivity index (χ3v) is 2.00. The highest BCUT2D eigenvalue weighted by molar-refractivity contribution is 5.88. The van der Waals surface area contributed by atoms with Gasteiger partial charge in [0.2, 0.25) is 5.76 Å². The monoisotopic (exact) mass is 259 g/mol. The molecule has 1 unspecified atom stereocenters. The lowest BCUT2D eigenvalue weighted by Gasteiger charge is -2.14. The number of carbonyl (C=O) groups excluding carboxylic acids is 2. The van der Waals surface area contributed by atoms with Crippen molar-refractivity contribution in [2.24, 2.45) is 0 Å². The summed E-state index contributed by atoms with van der Waals surface area (Å²) in [4.78, 5) is 22.2. The topological polar surface area (TPSA) is 73.9 Å². The van der Waals surface area contributed by atoms with Crippen LogP contribution in [0.4, 0.5) is 4.79 Å². The van der Waals surface area contributed by atoms with Crippen LogP contribution in [-0.4, -0.2) is 38.4 Å². The standard InChI is InChI=1S/C12H21NO5/c1-5-6-7-17-8-9(2)13-12(15)18-10(3)11(14)16-4/h9H,3,5-8H2,1-2,4H3,(H,13,15). The molecule has 0 aliphatic heterocycles. The molecule has 0 aliphatic carbocycles. The van der Waals surface area contributed by atoms with Crippen molar-refractivity contribution >= 4 is 12.1 Å². The molecule has 0 saturated carbocycles. The molecule has 0 aromatic rings. The minimum absolute atomic E-state index is 0.209. The predicted octanol–water partition coefficient (Wildman–Crippen LogP) is 1.60. The van der Waals surface area contributed by atoms with Gasteiger partial charge in [-0.2, -0.15) is 0 Å². The number of esters is 1. The quantitative estimate of drug-likeness (QED) is 0.310. The molecule has 0 bridgehead atoms. The van der Waals surface area contributed by atoms with E-state index in [0.29, 0.717) is 13.2 Å². The maximum Gasteiger partial charge on any atom is 0.413 e. The Balaban J connectivity index is 3.80. The number of alkyl carbamates (subject to hydrolysis) is 1. The summed E-state index contributed by atoms with van der Waals surface area (Å²) >= 11 is 0. The molecule has 0 aromatic carbocycles. The second-order valence-electron chi connectivity index (χ2n) is 3.78. The van der Waals surface area contributed by atoms with Crippen LogP contribution in [0.15, 0.2) is 12.3 Å². The van der Waals surface area contributed by atoms with Crippen LogP contribution in [0, 0.1) is 0 Å². The molecule has 0 aliphatic rings. The van der Waals surface area contributed by atoms with E-state index in [1.165, 1.54) is 7.11 Å². The van der Waals surface area contributed by atoms with Crippen LogP contribution in [0.3, 0.4) is 0 Å². The summed E-state index contributed by atoms with van der Waals surface area (Å²) < 4.78 is 14.3. The van der Waals surface area contributed by atoms with Crippen molar-refractivity contribution in [3.63, 3.8) is 0 Å². The average Bonchev–Trinajstić information content (AvgIpc) is 2.33. The largest absolute Gasteiger partial charge is 0.463 e. The molecule has 18 heavy (non-hydrogen) atoms. The van der Waals surface area contributed by atoms with Gasteiger partial charge in [-0.3, -0.25) is 0 Å². The molecular formula is C12H21NO5. The van der Waals surface area contributed by atoms with Crippen LogP contribution in [0.5, 0.6) is 0 Å². The Bertz CT molecular complexity index is 290. The number of amides is 1. The average molecular weight is 259 g/mol. The molecule has 104 valence electrons. The molecule has 1 amide bonds. The second kappa shape index (κ2) is 9.47. The Morgan fingerprint density at radius 3 is 2.61 bits per heavy atom. The van der Waals surface area contributed by atoms with Gasteiger partial charge in [0.1, 0.15) is 0 Å². The maximum absolute atomic E-state index is 11.3. The number of ether oxygens (including phenoxy) is 3. The summed E-state index contributed by atoms with van der Waals surface area (Å²) in [6, 6.07) is -0.209. The van der Waals surface area contributed by atoms with E-state index in [0.717, 1.165) is 12.8 Å². The van der Waals surface area contributed by atoms with Crippen molar-refractivity contribution in [3.05, 3.63) is 12.3 Å². The Hall–Kier alpha value is -1.56. The zero-order valence-corrected chi connectivity index (χ0v) is 11.2. The number of unbranched alkanes of at least 4 members (excludes halogenated alkanes) is 1. The van der Waals surface area contributed by atoms with Crippen LogP contribution in [-0.2, 0) is 19.0 Å². The fraction of sp³-hybridized carbons (Fsp3) is 0.667. The summed E-state index contributed by atoms with van der Waals surface area (Å²) in [6.07, 6.45) is 1.29. The van der Waals surface area contributed by atoms with Crippen LogP contribution >= 0.6 is 0 Å². The van der Waals surface area contributed by atoms with Crippen molar-refractivity contribution < 1.29 is 23.8 Å². The first kappa shape index (κ1) is 16.4. The summed E-state index contributed by atoms with van der Waals surface area (Å²) in [6.45, 7) is 8.16. The van der Waals surface area contributed by atoms with Crippen molar-refractivity contribution in [2.75, 3.05) is 20.3 Å². The predicted molar refractivity (Wildman–Crippen MR) is 66.0 cm³/mol. The number of rotatable bonds is 8. The maximum atomic E-state index is 11.3. The Morgan fingerprint density at radius 1 is 1.39 bits per heavy atom. The zero-order chi connectivity index (χ0) is 14.0. The number of hydrogen-bond acceptors (Lipinski definition) is 5. The van der Waals surface area contributed by atoms with Crippen molar-refractivity contribution in [2.45, 2.75) is 32.7 Å². The minimum atomic E-state index is -0.781. The van der Waals surface area contributed by atoms with E-state index >= 15 is 0 Å².